The van der Waals surface area contributed by atoms with Gasteiger partial charge in [-0.3, -0.25) is 0 Å². The summed E-state index contributed by atoms with van der Waals surface area (Å²) >= 11 is 1.95. The van der Waals surface area contributed by atoms with E-state index in [0.29, 0.717) is 13.2 Å². The Bertz CT molecular complexity index is 396. The zero-order valence-electron chi connectivity index (χ0n) is 13.0. The van der Waals surface area contributed by atoms with Gasteiger partial charge < -0.3 is 15.4 Å². The van der Waals surface area contributed by atoms with E-state index in [1.165, 1.54) is 18.6 Å². The van der Waals surface area contributed by atoms with Gasteiger partial charge in [0, 0.05) is 12.2 Å². The molecule has 2 N–H and O–H groups in total. The largest absolute Gasteiger partial charge is 0.494 e. The van der Waals surface area contributed by atoms with E-state index in [0.717, 1.165) is 23.6 Å². The zero-order chi connectivity index (χ0) is 15.3. The molecule has 4 nitrogen and oxygen atoms in total. The summed E-state index contributed by atoms with van der Waals surface area (Å²) < 4.78 is 5.35. The first-order valence-corrected chi connectivity index (χ1v) is 8.77. The van der Waals surface area contributed by atoms with Crippen molar-refractivity contribution < 1.29 is 9.53 Å². The molecule has 0 atom stereocenters. The van der Waals surface area contributed by atoms with E-state index in [1.54, 1.807) is 0 Å². The number of thioether (sulfide) groups is 1. The molecular formula is C16H26N2O2S. The molecular weight excluding hydrogens is 284 g/mol. The molecule has 0 spiro atoms. The second-order valence-corrected chi connectivity index (χ2v) is 5.88. The molecule has 0 aliphatic heterocycles. The van der Waals surface area contributed by atoms with E-state index in [1.807, 2.05) is 43.0 Å². The van der Waals surface area contributed by atoms with Gasteiger partial charge in [0.15, 0.2) is 0 Å². The van der Waals surface area contributed by atoms with Gasteiger partial charge in [-0.1, -0.05) is 13.3 Å². The number of urea groups is 1. The number of hydrogen-bond acceptors (Lipinski definition) is 3. The lowest BCUT2D eigenvalue weighted by atomic mass is 10.3. The lowest BCUT2D eigenvalue weighted by Crippen LogP contribution is -2.29. The summed E-state index contributed by atoms with van der Waals surface area (Å²) in [4.78, 5) is 11.7. The van der Waals surface area contributed by atoms with Crippen LogP contribution in [0, 0.1) is 0 Å². The highest BCUT2D eigenvalue weighted by Crippen LogP contribution is 2.15. The van der Waals surface area contributed by atoms with Crippen LogP contribution in [-0.2, 0) is 0 Å². The molecule has 2 amide bonds. The Labute approximate surface area is 132 Å². The van der Waals surface area contributed by atoms with Gasteiger partial charge in [0.25, 0.3) is 0 Å². The standard InChI is InChI=1S/C16H26N2O2S/c1-3-5-12-21-13-6-11-17-16(19)18-14-7-9-15(10-8-14)20-4-2/h7-10H,3-6,11-13H2,1-2H3,(H2,17,18,19). The Morgan fingerprint density at radius 3 is 2.52 bits per heavy atom. The second-order valence-electron chi connectivity index (χ2n) is 4.66. The number of nitrogens with one attached hydrogen (secondary N) is 2. The maximum absolute atomic E-state index is 11.7. The minimum atomic E-state index is -0.155. The third kappa shape index (κ3) is 8.50. The third-order valence-corrected chi connectivity index (χ3v) is 3.97. The van der Waals surface area contributed by atoms with Crippen LogP contribution in [0.2, 0.25) is 0 Å². The molecule has 0 heterocycles. The Hall–Kier alpha value is -1.36. The van der Waals surface area contributed by atoms with Crippen LogP contribution in [0.15, 0.2) is 24.3 Å². The lowest BCUT2D eigenvalue weighted by Gasteiger charge is -2.08. The molecule has 0 aromatic heterocycles. The topological polar surface area (TPSA) is 50.4 Å². The highest BCUT2D eigenvalue weighted by atomic mass is 32.2. The fourth-order valence-corrected chi connectivity index (χ4v) is 2.75. The van der Waals surface area contributed by atoms with E-state index in [9.17, 15) is 4.79 Å². The Balaban J connectivity index is 2.12. The first kappa shape index (κ1) is 17.7. The summed E-state index contributed by atoms with van der Waals surface area (Å²) in [5.74, 6) is 3.13. The van der Waals surface area contributed by atoms with Crippen LogP contribution in [0.4, 0.5) is 10.5 Å². The maximum Gasteiger partial charge on any atom is 0.319 e. The number of anilines is 1. The monoisotopic (exact) mass is 310 g/mol. The average molecular weight is 310 g/mol. The van der Waals surface area contributed by atoms with E-state index >= 15 is 0 Å². The Kier molecular flexibility index (Phi) is 9.53. The van der Waals surface area contributed by atoms with Crippen LogP contribution >= 0.6 is 11.8 Å². The van der Waals surface area contributed by atoms with E-state index in [4.69, 9.17) is 4.74 Å². The zero-order valence-corrected chi connectivity index (χ0v) is 13.8. The van der Waals surface area contributed by atoms with Crippen molar-refractivity contribution in [3.63, 3.8) is 0 Å². The number of carbonyl (C=O) groups excluding carboxylic acids is 1. The van der Waals surface area contributed by atoms with Crippen LogP contribution in [0.3, 0.4) is 0 Å². The normalized spacial score (nSPS) is 10.2. The summed E-state index contributed by atoms with van der Waals surface area (Å²) in [7, 11) is 0. The summed E-state index contributed by atoms with van der Waals surface area (Å²) in [6.07, 6.45) is 3.52. The van der Waals surface area contributed by atoms with Crippen molar-refractivity contribution in [2.45, 2.75) is 33.1 Å². The SMILES string of the molecule is CCCCSCCCNC(=O)Nc1ccc(OCC)cc1. The molecule has 0 bridgehead atoms. The molecule has 5 heteroatoms. The van der Waals surface area contributed by atoms with Crippen molar-refractivity contribution in [3.8, 4) is 5.75 Å². The van der Waals surface area contributed by atoms with Crippen LogP contribution in [0.5, 0.6) is 5.75 Å². The van der Waals surface area contributed by atoms with Gasteiger partial charge in [-0.2, -0.15) is 11.8 Å². The maximum atomic E-state index is 11.7. The number of ether oxygens (including phenoxy) is 1. The Morgan fingerprint density at radius 2 is 1.86 bits per heavy atom. The molecule has 0 saturated carbocycles. The fraction of sp³-hybridized carbons (Fsp3) is 0.562. The molecule has 0 unspecified atom stereocenters. The van der Waals surface area contributed by atoms with Crippen LogP contribution < -0.4 is 15.4 Å². The molecule has 1 rings (SSSR count). The van der Waals surface area contributed by atoms with Crippen LogP contribution in [-0.4, -0.2) is 30.7 Å². The predicted octanol–water partition coefficient (Wildman–Crippen LogP) is 4.13. The smallest absolute Gasteiger partial charge is 0.319 e. The minimum Gasteiger partial charge on any atom is -0.494 e. The summed E-state index contributed by atoms with van der Waals surface area (Å²) in [5.41, 5.74) is 0.772. The van der Waals surface area contributed by atoms with Crippen molar-refractivity contribution in [1.29, 1.82) is 0 Å². The van der Waals surface area contributed by atoms with Gasteiger partial charge in [-0.15, -0.1) is 0 Å². The molecule has 0 fully saturated rings. The van der Waals surface area contributed by atoms with Crippen molar-refractivity contribution in [3.05, 3.63) is 24.3 Å². The number of unbranched alkanes of at least 4 members (excludes halogenated alkanes) is 1. The minimum absolute atomic E-state index is 0.155. The first-order chi connectivity index (χ1) is 10.3. The first-order valence-electron chi connectivity index (χ1n) is 7.61. The Morgan fingerprint density at radius 1 is 1.14 bits per heavy atom. The van der Waals surface area contributed by atoms with Gasteiger partial charge in [-0.25, -0.2) is 4.79 Å². The lowest BCUT2D eigenvalue weighted by molar-refractivity contribution is 0.252. The van der Waals surface area contributed by atoms with E-state index < -0.39 is 0 Å². The van der Waals surface area contributed by atoms with Gasteiger partial charge >= 0.3 is 6.03 Å². The summed E-state index contributed by atoms with van der Waals surface area (Å²) in [5, 5.41) is 5.68. The van der Waals surface area contributed by atoms with Crippen molar-refractivity contribution in [2.75, 3.05) is 30.0 Å². The molecule has 118 valence electrons. The number of rotatable bonds is 10. The average Bonchev–Trinajstić information content (AvgIpc) is 2.49. The van der Waals surface area contributed by atoms with Gasteiger partial charge in [-0.05, 0) is 55.5 Å². The van der Waals surface area contributed by atoms with Crippen LogP contribution in [0.1, 0.15) is 33.1 Å². The third-order valence-electron chi connectivity index (χ3n) is 2.82. The highest BCUT2D eigenvalue weighted by molar-refractivity contribution is 7.99. The molecule has 0 aliphatic rings. The predicted molar refractivity (Wildman–Crippen MR) is 91.5 cm³/mol. The van der Waals surface area contributed by atoms with Gasteiger partial charge in [0.05, 0.1) is 6.61 Å². The van der Waals surface area contributed by atoms with E-state index in [-0.39, 0.29) is 6.03 Å². The number of hydrogen-bond donors (Lipinski definition) is 2. The highest BCUT2D eigenvalue weighted by Gasteiger charge is 2.01. The summed E-state index contributed by atoms with van der Waals surface area (Å²) in [6, 6.07) is 7.22. The van der Waals surface area contributed by atoms with Crippen molar-refractivity contribution >= 4 is 23.5 Å². The number of amides is 2. The van der Waals surface area contributed by atoms with Gasteiger partial charge in [0.2, 0.25) is 0 Å². The molecule has 0 radical (unpaired) electrons. The van der Waals surface area contributed by atoms with Crippen molar-refractivity contribution in [2.24, 2.45) is 0 Å². The molecule has 0 saturated heterocycles. The van der Waals surface area contributed by atoms with E-state index in [2.05, 4.69) is 17.6 Å². The molecule has 1 aromatic carbocycles. The number of carbonyl (C=O) groups is 1. The quantitative estimate of drug-likeness (QED) is 0.639. The molecule has 1 aromatic rings. The summed E-state index contributed by atoms with van der Waals surface area (Å²) in [6.45, 7) is 5.50. The molecule has 0 aliphatic carbocycles. The fourth-order valence-electron chi connectivity index (χ4n) is 1.70. The van der Waals surface area contributed by atoms with Gasteiger partial charge in [0.1, 0.15) is 5.75 Å². The molecule has 21 heavy (non-hydrogen) atoms. The van der Waals surface area contributed by atoms with Crippen LogP contribution in [0.25, 0.3) is 0 Å². The van der Waals surface area contributed by atoms with Crippen molar-refractivity contribution in [1.82, 2.24) is 5.32 Å². The number of benzene rings is 1. The second kappa shape index (κ2) is 11.3.